The van der Waals surface area contributed by atoms with Crippen LogP contribution in [0.1, 0.15) is 11.1 Å². The van der Waals surface area contributed by atoms with Gasteiger partial charge in [-0.15, -0.1) is 5.10 Å². The van der Waals surface area contributed by atoms with Crippen molar-refractivity contribution in [1.82, 2.24) is 5.48 Å². The van der Waals surface area contributed by atoms with Gasteiger partial charge in [0.25, 0.3) is 0 Å². The lowest BCUT2D eigenvalue weighted by Crippen LogP contribution is -2.27. The molecule has 6 nitrogen and oxygen atoms in total. The third-order valence-corrected chi connectivity index (χ3v) is 2.01. The Morgan fingerprint density at radius 1 is 1.53 bits per heavy atom. The number of benzene rings is 1. The highest BCUT2D eigenvalue weighted by atomic mass is 16.5. The van der Waals surface area contributed by atoms with Crippen molar-refractivity contribution in [3.63, 3.8) is 0 Å². The Morgan fingerprint density at radius 3 is 2.94 bits per heavy atom. The number of ether oxygens (including phenoxy) is 1. The highest BCUT2D eigenvalue weighted by Crippen LogP contribution is 2.18. The van der Waals surface area contributed by atoms with Crippen LogP contribution < -0.4 is 16.0 Å². The van der Waals surface area contributed by atoms with Crippen LogP contribution in [0.5, 0.6) is 5.75 Å². The fourth-order valence-electron chi connectivity index (χ4n) is 1.25. The first-order valence-corrected chi connectivity index (χ1v) is 5.08. The SMILES string of the molecule is Cc1ccc(OC/C=N/N=C(\N)NO)c(C)c1. The molecule has 0 aromatic heterocycles. The number of hydroxylamine groups is 1. The summed E-state index contributed by atoms with van der Waals surface area (Å²) < 4.78 is 5.46. The molecular weight excluding hydrogens is 220 g/mol. The van der Waals surface area contributed by atoms with Crippen molar-refractivity contribution < 1.29 is 9.94 Å². The summed E-state index contributed by atoms with van der Waals surface area (Å²) in [4.78, 5) is 0. The summed E-state index contributed by atoms with van der Waals surface area (Å²) in [6.45, 7) is 4.29. The average Bonchev–Trinajstić information content (AvgIpc) is 2.30. The molecule has 92 valence electrons. The number of nitrogens with two attached hydrogens (primary N) is 1. The molecule has 0 fully saturated rings. The summed E-state index contributed by atoms with van der Waals surface area (Å²) in [5.41, 5.74) is 9.06. The van der Waals surface area contributed by atoms with Crippen LogP contribution in [0.25, 0.3) is 0 Å². The summed E-state index contributed by atoms with van der Waals surface area (Å²) in [6.07, 6.45) is 1.45. The van der Waals surface area contributed by atoms with Gasteiger partial charge in [0, 0.05) is 0 Å². The smallest absolute Gasteiger partial charge is 0.237 e. The van der Waals surface area contributed by atoms with Crippen LogP contribution in [0, 0.1) is 13.8 Å². The zero-order chi connectivity index (χ0) is 12.7. The molecule has 0 bridgehead atoms. The van der Waals surface area contributed by atoms with E-state index in [-0.39, 0.29) is 12.6 Å². The van der Waals surface area contributed by atoms with E-state index in [9.17, 15) is 0 Å². The molecule has 0 saturated heterocycles. The van der Waals surface area contributed by atoms with Crippen molar-refractivity contribution in [1.29, 1.82) is 0 Å². The van der Waals surface area contributed by atoms with E-state index in [1.165, 1.54) is 11.8 Å². The van der Waals surface area contributed by atoms with Crippen molar-refractivity contribution in [3.8, 4) is 5.75 Å². The predicted molar refractivity (Wildman–Crippen MR) is 66.4 cm³/mol. The maximum absolute atomic E-state index is 8.32. The lowest BCUT2D eigenvalue weighted by Gasteiger charge is -2.06. The molecule has 4 N–H and O–H groups in total. The lowest BCUT2D eigenvalue weighted by atomic mass is 10.1. The summed E-state index contributed by atoms with van der Waals surface area (Å²) in [5.74, 6) is 0.632. The first-order chi connectivity index (χ1) is 8.13. The molecule has 0 heterocycles. The Hall–Kier alpha value is -2.08. The molecule has 0 aliphatic carbocycles. The highest BCUT2D eigenvalue weighted by molar-refractivity contribution is 5.77. The van der Waals surface area contributed by atoms with Gasteiger partial charge in [-0.05, 0) is 25.5 Å². The fourth-order valence-corrected chi connectivity index (χ4v) is 1.25. The molecule has 0 amide bonds. The van der Waals surface area contributed by atoms with Crippen LogP contribution in [0.15, 0.2) is 28.4 Å². The van der Waals surface area contributed by atoms with Crippen LogP contribution in [-0.2, 0) is 0 Å². The molecule has 0 aliphatic rings. The highest BCUT2D eigenvalue weighted by Gasteiger charge is 1.97. The zero-order valence-corrected chi connectivity index (χ0v) is 9.84. The Morgan fingerprint density at radius 2 is 2.29 bits per heavy atom. The van der Waals surface area contributed by atoms with E-state index in [1.807, 2.05) is 32.0 Å². The van der Waals surface area contributed by atoms with Crippen molar-refractivity contribution in [2.75, 3.05) is 6.61 Å². The molecule has 0 atom stereocenters. The van der Waals surface area contributed by atoms with Gasteiger partial charge >= 0.3 is 0 Å². The average molecular weight is 236 g/mol. The second-order valence-electron chi connectivity index (χ2n) is 3.48. The van der Waals surface area contributed by atoms with Gasteiger partial charge in [-0.3, -0.25) is 5.21 Å². The second-order valence-corrected chi connectivity index (χ2v) is 3.48. The molecule has 0 saturated carbocycles. The van der Waals surface area contributed by atoms with Crippen LogP contribution in [0.3, 0.4) is 0 Å². The first-order valence-electron chi connectivity index (χ1n) is 5.08. The fraction of sp³-hybridized carbons (Fsp3) is 0.273. The largest absolute Gasteiger partial charge is 0.488 e. The Kier molecular flexibility index (Phi) is 4.96. The van der Waals surface area contributed by atoms with Crippen molar-refractivity contribution in [3.05, 3.63) is 29.3 Å². The van der Waals surface area contributed by atoms with E-state index in [0.717, 1.165) is 11.3 Å². The van der Waals surface area contributed by atoms with Gasteiger partial charge in [-0.25, -0.2) is 5.48 Å². The van der Waals surface area contributed by atoms with Crippen LogP contribution in [0.4, 0.5) is 0 Å². The molecule has 6 heteroatoms. The van der Waals surface area contributed by atoms with E-state index < -0.39 is 0 Å². The van der Waals surface area contributed by atoms with Crippen LogP contribution >= 0.6 is 0 Å². The minimum atomic E-state index is -0.173. The van der Waals surface area contributed by atoms with Crippen molar-refractivity contribution in [2.45, 2.75) is 13.8 Å². The van der Waals surface area contributed by atoms with Gasteiger partial charge < -0.3 is 10.5 Å². The molecule has 1 aromatic rings. The third kappa shape index (κ3) is 4.52. The first kappa shape index (κ1) is 13.0. The normalized spacial score (nSPS) is 11.8. The predicted octanol–water partition coefficient (Wildman–Crippen LogP) is 0.962. The summed E-state index contributed by atoms with van der Waals surface area (Å²) in [5, 5.41) is 15.3. The zero-order valence-electron chi connectivity index (χ0n) is 9.84. The number of nitrogens with one attached hydrogen (secondary N) is 1. The molecule has 1 rings (SSSR count). The monoisotopic (exact) mass is 236 g/mol. The van der Waals surface area contributed by atoms with E-state index in [1.54, 1.807) is 5.48 Å². The van der Waals surface area contributed by atoms with E-state index in [4.69, 9.17) is 15.7 Å². The maximum Gasteiger partial charge on any atom is 0.237 e. The van der Waals surface area contributed by atoms with Gasteiger partial charge in [0.2, 0.25) is 5.96 Å². The van der Waals surface area contributed by atoms with Gasteiger partial charge in [0.1, 0.15) is 12.4 Å². The quantitative estimate of drug-likeness (QED) is 0.412. The number of hydrogen-bond acceptors (Lipinski definition) is 4. The van der Waals surface area contributed by atoms with Crippen LogP contribution in [0.2, 0.25) is 0 Å². The third-order valence-electron chi connectivity index (χ3n) is 2.01. The van der Waals surface area contributed by atoms with E-state index in [0.29, 0.717) is 0 Å². The molecule has 1 aromatic carbocycles. The van der Waals surface area contributed by atoms with Gasteiger partial charge in [-0.1, -0.05) is 17.7 Å². The number of rotatable bonds is 4. The molecule has 0 unspecified atom stereocenters. The van der Waals surface area contributed by atoms with E-state index in [2.05, 4.69) is 10.2 Å². The Bertz CT molecular complexity index is 429. The van der Waals surface area contributed by atoms with E-state index >= 15 is 0 Å². The van der Waals surface area contributed by atoms with Gasteiger partial charge in [0.05, 0.1) is 6.21 Å². The molecule has 0 radical (unpaired) electrons. The number of nitrogens with zero attached hydrogens (tertiary/aromatic N) is 2. The minimum Gasteiger partial charge on any atom is -0.488 e. The molecule has 17 heavy (non-hydrogen) atoms. The molecular formula is C11H16N4O2. The van der Waals surface area contributed by atoms with Crippen LogP contribution in [-0.4, -0.2) is 24.0 Å². The number of hydrogen-bond donors (Lipinski definition) is 3. The number of guanidine groups is 1. The lowest BCUT2D eigenvalue weighted by molar-refractivity contribution is 0.232. The van der Waals surface area contributed by atoms with Crippen molar-refractivity contribution >= 4 is 12.2 Å². The summed E-state index contributed by atoms with van der Waals surface area (Å²) in [7, 11) is 0. The van der Waals surface area contributed by atoms with Crippen molar-refractivity contribution in [2.24, 2.45) is 15.9 Å². The standard InChI is InChI=1S/C11H16N4O2/c1-8-3-4-10(9(2)7-8)17-6-5-13-14-11(12)15-16/h3-5,7,16H,6H2,1-2H3,(H3,12,14,15)/b13-5+. The Balaban J connectivity index is 2.46. The minimum absolute atomic E-state index is 0.173. The second kappa shape index (κ2) is 6.49. The van der Waals surface area contributed by atoms with Gasteiger partial charge in [0.15, 0.2) is 0 Å². The Labute approximate surface area is 99.8 Å². The summed E-state index contributed by atoms with van der Waals surface area (Å²) in [6, 6.07) is 5.93. The maximum atomic E-state index is 8.32. The summed E-state index contributed by atoms with van der Waals surface area (Å²) >= 11 is 0. The molecule has 0 spiro atoms. The topological polar surface area (TPSA) is 92.2 Å². The molecule has 0 aliphatic heterocycles. The van der Waals surface area contributed by atoms with Gasteiger partial charge in [-0.2, -0.15) is 5.10 Å². The number of aryl methyl sites for hydroxylation is 2.